The predicted octanol–water partition coefficient (Wildman–Crippen LogP) is 3.10. The average Bonchev–Trinajstić information content (AvgIpc) is 2.85. The van der Waals surface area contributed by atoms with Crippen LogP contribution in [0.5, 0.6) is 5.75 Å². The lowest BCUT2D eigenvalue weighted by Crippen LogP contribution is -2.12. The van der Waals surface area contributed by atoms with Crippen molar-refractivity contribution < 1.29 is 9.53 Å². The fourth-order valence-electron chi connectivity index (χ4n) is 1.88. The van der Waals surface area contributed by atoms with Gasteiger partial charge in [0.15, 0.2) is 5.78 Å². The zero-order chi connectivity index (χ0) is 13.8. The monoisotopic (exact) mass is 322 g/mol. The number of aromatic nitrogens is 2. The highest BCUT2D eigenvalue weighted by atomic mass is 79.9. The van der Waals surface area contributed by atoms with Gasteiger partial charge in [0.25, 0.3) is 0 Å². The summed E-state index contributed by atoms with van der Waals surface area (Å²) in [5, 5.41) is 0. The van der Waals surface area contributed by atoms with Crippen LogP contribution >= 0.6 is 15.9 Å². The average molecular weight is 323 g/mol. The molecule has 0 aliphatic rings. The van der Waals surface area contributed by atoms with E-state index >= 15 is 0 Å². The Morgan fingerprint density at radius 3 is 2.89 bits per heavy atom. The number of imidazole rings is 1. The Bertz CT molecular complexity index is 593. The Balaban J connectivity index is 2.18. The summed E-state index contributed by atoms with van der Waals surface area (Å²) in [4.78, 5) is 16.4. The summed E-state index contributed by atoms with van der Waals surface area (Å²) in [6.45, 7) is 2.33. The molecule has 0 aliphatic carbocycles. The largest absolute Gasteiger partial charge is 0.496 e. The molecule has 1 aromatic heterocycles. The molecular weight excluding hydrogens is 308 g/mol. The smallest absolute Gasteiger partial charge is 0.182 e. The zero-order valence-electron chi connectivity index (χ0n) is 10.9. The van der Waals surface area contributed by atoms with E-state index in [1.165, 1.54) is 0 Å². The standard InChI is InChI=1S/C14H15BrN2O2/c1-3-14-16-6-7-17(14)9-12(18)10-4-5-13(19-2)11(15)8-10/h4-8H,3,9H2,1-2H3. The molecule has 0 radical (unpaired) electrons. The van der Waals surface area contributed by atoms with Crippen LogP contribution < -0.4 is 4.74 Å². The van der Waals surface area contributed by atoms with Gasteiger partial charge in [-0.15, -0.1) is 0 Å². The van der Waals surface area contributed by atoms with Gasteiger partial charge in [-0.3, -0.25) is 4.79 Å². The summed E-state index contributed by atoms with van der Waals surface area (Å²) in [5.41, 5.74) is 0.656. The molecule has 1 aromatic carbocycles. The Labute approximate surface area is 120 Å². The quantitative estimate of drug-likeness (QED) is 0.794. The van der Waals surface area contributed by atoms with Gasteiger partial charge in [0.1, 0.15) is 11.6 Å². The van der Waals surface area contributed by atoms with E-state index in [1.807, 2.05) is 17.7 Å². The van der Waals surface area contributed by atoms with E-state index < -0.39 is 0 Å². The number of ketones is 1. The number of rotatable bonds is 5. The fourth-order valence-corrected chi connectivity index (χ4v) is 2.42. The van der Waals surface area contributed by atoms with Crippen LogP contribution in [0.2, 0.25) is 0 Å². The van der Waals surface area contributed by atoms with Crippen LogP contribution in [0.3, 0.4) is 0 Å². The molecule has 5 heteroatoms. The van der Waals surface area contributed by atoms with Gasteiger partial charge in [-0.25, -0.2) is 4.98 Å². The third kappa shape index (κ3) is 3.04. The van der Waals surface area contributed by atoms with Gasteiger partial charge >= 0.3 is 0 Å². The van der Waals surface area contributed by atoms with E-state index in [2.05, 4.69) is 20.9 Å². The lowest BCUT2D eigenvalue weighted by atomic mass is 10.1. The number of ether oxygens (including phenoxy) is 1. The number of benzene rings is 1. The van der Waals surface area contributed by atoms with Crippen molar-refractivity contribution in [1.29, 1.82) is 0 Å². The van der Waals surface area contributed by atoms with Crippen molar-refractivity contribution in [2.24, 2.45) is 0 Å². The molecule has 0 fully saturated rings. The maximum absolute atomic E-state index is 12.2. The molecule has 0 saturated heterocycles. The molecule has 100 valence electrons. The van der Waals surface area contributed by atoms with E-state index in [4.69, 9.17) is 4.74 Å². The molecule has 0 N–H and O–H groups in total. The van der Waals surface area contributed by atoms with E-state index in [1.54, 1.807) is 31.5 Å². The van der Waals surface area contributed by atoms with Crippen molar-refractivity contribution >= 4 is 21.7 Å². The highest BCUT2D eigenvalue weighted by molar-refractivity contribution is 9.10. The molecule has 2 rings (SSSR count). The third-order valence-electron chi connectivity index (χ3n) is 2.91. The molecular formula is C14H15BrN2O2. The van der Waals surface area contributed by atoms with Gasteiger partial charge in [-0.1, -0.05) is 6.92 Å². The van der Waals surface area contributed by atoms with Crippen molar-refractivity contribution in [2.75, 3.05) is 7.11 Å². The third-order valence-corrected chi connectivity index (χ3v) is 3.53. The number of hydrogen-bond donors (Lipinski definition) is 0. The molecule has 0 aliphatic heterocycles. The molecule has 0 saturated carbocycles. The second-order valence-corrected chi connectivity index (χ2v) is 4.95. The van der Waals surface area contributed by atoms with Crippen LogP contribution in [0.25, 0.3) is 0 Å². The molecule has 0 unspecified atom stereocenters. The first-order valence-electron chi connectivity index (χ1n) is 6.02. The second-order valence-electron chi connectivity index (χ2n) is 4.10. The van der Waals surface area contributed by atoms with E-state index in [-0.39, 0.29) is 5.78 Å². The van der Waals surface area contributed by atoms with Crippen LogP contribution in [0, 0.1) is 0 Å². The van der Waals surface area contributed by atoms with Crippen LogP contribution in [-0.2, 0) is 13.0 Å². The van der Waals surface area contributed by atoms with Crippen molar-refractivity contribution in [3.63, 3.8) is 0 Å². The zero-order valence-corrected chi connectivity index (χ0v) is 12.5. The van der Waals surface area contributed by atoms with Crippen LogP contribution in [0.4, 0.5) is 0 Å². The Kier molecular flexibility index (Phi) is 4.37. The maximum Gasteiger partial charge on any atom is 0.182 e. The van der Waals surface area contributed by atoms with Gasteiger partial charge in [0.05, 0.1) is 18.1 Å². The molecule has 4 nitrogen and oxygen atoms in total. The molecule has 19 heavy (non-hydrogen) atoms. The summed E-state index contributed by atoms with van der Waals surface area (Å²) < 4.78 is 7.80. The van der Waals surface area contributed by atoms with Crippen molar-refractivity contribution in [1.82, 2.24) is 9.55 Å². The van der Waals surface area contributed by atoms with Crippen molar-refractivity contribution in [2.45, 2.75) is 19.9 Å². The number of methoxy groups -OCH3 is 1. The van der Waals surface area contributed by atoms with Crippen LogP contribution in [0.1, 0.15) is 23.1 Å². The normalized spacial score (nSPS) is 10.5. The van der Waals surface area contributed by atoms with E-state index in [9.17, 15) is 4.79 Å². The summed E-state index contributed by atoms with van der Waals surface area (Å²) in [6.07, 6.45) is 4.36. The first kappa shape index (κ1) is 13.8. The Morgan fingerprint density at radius 1 is 1.47 bits per heavy atom. The summed E-state index contributed by atoms with van der Waals surface area (Å²) in [7, 11) is 1.60. The molecule has 0 atom stereocenters. The fraction of sp³-hybridized carbons (Fsp3) is 0.286. The van der Waals surface area contributed by atoms with Crippen LogP contribution in [0.15, 0.2) is 35.1 Å². The second kappa shape index (κ2) is 6.02. The number of nitrogens with zero attached hydrogens (tertiary/aromatic N) is 2. The van der Waals surface area contributed by atoms with E-state index in [0.717, 1.165) is 16.7 Å². The van der Waals surface area contributed by atoms with Gasteiger partial charge in [-0.05, 0) is 34.1 Å². The first-order chi connectivity index (χ1) is 9.15. The predicted molar refractivity (Wildman–Crippen MR) is 76.6 cm³/mol. The number of hydrogen-bond acceptors (Lipinski definition) is 3. The van der Waals surface area contributed by atoms with Gasteiger partial charge in [0, 0.05) is 24.4 Å². The highest BCUT2D eigenvalue weighted by Crippen LogP contribution is 2.25. The topological polar surface area (TPSA) is 44.1 Å². The first-order valence-corrected chi connectivity index (χ1v) is 6.81. The summed E-state index contributed by atoms with van der Waals surface area (Å²) >= 11 is 3.39. The molecule has 0 spiro atoms. The minimum atomic E-state index is 0.0519. The lowest BCUT2D eigenvalue weighted by Gasteiger charge is -2.08. The number of aryl methyl sites for hydroxylation is 1. The van der Waals surface area contributed by atoms with E-state index in [0.29, 0.717) is 17.9 Å². The maximum atomic E-state index is 12.2. The van der Waals surface area contributed by atoms with Crippen molar-refractivity contribution in [3.8, 4) is 5.75 Å². The minimum Gasteiger partial charge on any atom is -0.496 e. The van der Waals surface area contributed by atoms with Gasteiger partial charge in [0.2, 0.25) is 0 Å². The summed E-state index contributed by atoms with van der Waals surface area (Å²) in [5.74, 6) is 1.69. The number of halogens is 1. The summed E-state index contributed by atoms with van der Waals surface area (Å²) in [6, 6.07) is 5.34. The Morgan fingerprint density at radius 2 is 2.26 bits per heavy atom. The van der Waals surface area contributed by atoms with Crippen LogP contribution in [-0.4, -0.2) is 22.4 Å². The molecule has 0 bridgehead atoms. The molecule has 1 heterocycles. The van der Waals surface area contributed by atoms with Gasteiger partial charge < -0.3 is 9.30 Å². The number of carbonyl (C=O) groups excluding carboxylic acids is 1. The molecule has 0 amide bonds. The molecule has 2 aromatic rings. The lowest BCUT2D eigenvalue weighted by molar-refractivity contribution is 0.0971. The Hall–Kier alpha value is -1.62. The highest BCUT2D eigenvalue weighted by Gasteiger charge is 2.11. The minimum absolute atomic E-state index is 0.0519. The van der Waals surface area contributed by atoms with Crippen molar-refractivity contribution in [3.05, 3.63) is 46.5 Å². The number of Topliss-reactive ketones (excluding diaryl/α,β-unsaturated/α-hetero) is 1. The number of carbonyl (C=O) groups is 1. The SMILES string of the molecule is CCc1nccn1CC(=O)c1ccc(OC)c(Br)c1. The van der Waals surface area contributed by atoms with Gasteiger partial charge in [-0.2, -0.15) is 0 Å².